The maximum atomic E-state index is 12.9. The molecule has 0 atom stereocenters. The Balaban J connectivity index is 1.33. The third-order valence-corrected chi connectivity index (χ3v) is 6.07. The lowest BCUT2D eigenvalue weighted by Crippen LogP contribution is -2.17. The Hall–Kier alpha value is -4.33. The van der Waals surface area contributed by atoms with Crippen LogP contribution >= 0.6 is 0 Å². The molecule has 35 heavy (non-hydrogen) atoms. The lowest BCUT2D eigenvalue weighted by molar-refractivity contribution is 0.101. The van der Waals surface area contributed by atoms with Crippen molar-refractivity contribution in [2.45, 2.75) is 27.3 Å². The number of amidine groups is 1. The molecule has 1 aliphatic heterocycles. The molecule has 4 aromatic rings. The molecule has 3 heterocycles. The average molecular weight is 468 g/mol. The number of rotatable bonds is 7. The maximum Gasteiger partial charge on any atom is 0.272 e. The predicted molar refractivity (Wildman–Crippen MR) is 143 cm³/mol. The number of aryl methyl sites for hydroxylation is 3. The summed E-state index contributed by atoms with van der Waals surface area (Å²) >= 11 is 0. The maximum absolute atomic E-state index is 12.9. The third-order valence-electron chi connectivity index (χ3n) is 6.07. The number of fused-ring (bicyclic) bond motifs is 1. The van der Waals surface area contributed by atoms with E-state index in [1.54, 1.807) is 0 Å². The van der Waals surface area contributed by atoms with Crippen LogP contribution in [0.4, 0.5) is 17.1 Å². The van der Waals surface area contributed by atoms with Crippen molar-refractivity contribution >= 4 is 45.8 Å². The molecule has 8 nitrogen and oxygen atoms in total. The van der Waals surface area contributed by atoms with Crippen molar-refractivity contribution in [3.63, 3.8) is 0 Å². The lowest BCUT2D eigenvalue weighted by atomic mass is 10.1. The van der Waals surface area contributed by atoms with Gasteiger partial charge in [0.25, 0.3) is 5.91 Å². The van der Waals surface area contributed by atoms with Crippen molar-refractivity contribution in [3.8, 4) is 0 Å². The molecule has 0 bridgehead atoms. The highest BCUT2D eigenvalue weighted by Gasteiger charge is 2.14. The minimum Gasteiger partial charge on any atom is -0.369 e. The van der Waals surface area contributed by atoms with E-state index in [2.05, 4.69) is 31.1 Å². The molecule has 8 heteroatoms. The number of nitrogens with one attached hydrogen (secondary N) is 4. The number of hydrogen-bond acceptors (Lipinski definition) is 5. The van der Waals surface area contributed by atoms with E-state index >= 15 is 0 Å². The van der Waals surface area contributed by atoms with Gasteiger partial charge in [0.1, 0.15) is 11.5 Å². The molecule has 0 fully saturated rings. The van der Waals surface area contributed by atoms with Crippen molar-refractivity contribution < 1.29 is 4.79 Å². The minimum atomic E-state index is -0.113. The second kappa shape index (κ2) is 9.50. The van der Waals surface area contributed by atoms with Gasteiger partial charge in [-0.15, -0.1) is 0 Å². The number of carbonyl (C=O) groups is 1. The lowest BCUT2D eigenvalue weighted by Gasteiger charge is -2.13. The van der Waals surface area contributed by atoms with Crippen LogP contribution in [0.5, 0.6) is 0 Å². The zero-order valence-electron chi connectivity index (χ0n) is 20.1. The highest BCUT2D eigenvalue weighted by molar-refractivity contribution is 6.04. The van der Waals surface area contributed by atoms with Gasteiger partial charge in [0.2, 0.25) is 0 Å². The van der Waals surface area contributed by atoms with Crippen LogP contribution in [0.15, 0.2) is 59.7 Å². The fourth-order valence-electron chi connectivity index (χ4n) is 4.23. The van der Waals surface area contributed by atoms with Gasteiger partial charge >= 0.3 is 0 Å². The van der Waals surface area contributed by atoms with Crippen LogP contribution in [0.3, 0.4) is 0 Å². The van der Waals surface area contributed by atoms with Gasteiger partial charge in [0.15, 0.2) is 0 Å². The Labute approximate surface area is 204 Å². The Morgan fingerprint density at radius 1 is 1.11 bits per heavy atom. The van der Waals surface area contributed by atoms with Crippen LogP contribution in [-0.4, -0.2) is 39.6 Å². The van der Waals surface area contributed by atoms with Gasteiger partial charge in [-0.2, -0.15) is 5.10 Å². The first-order chi connectivity index (χ1) is 17.0. The van der Waals surface area contributed by atoms with Crippen LogP contribution < -0.4 is 16.0 Å². The van der Waals surface area contributed by atoms with E-state index in [4.69, 9.17) is 0 Å². The van der Waals surface area contributed by atoms with E-state index in [9.17, 15) is 4.79 Å². The number of aliphatic imine (C=N–C) groups is 1. The number of aromatic nitrogens is 3. The number of nitrogens with zero attached hydrogens (tertiary/aromatic N) is 3. The summed E-state index contributed by atoms with van der Waals surface area (Å²) in [5, 5.41) is 18.3. The molecule has 4 N–H and O–H groups in total. The molecule has 0 saturated carbocycles. The third kappa shape index (κ3) is 4.82. The van der Waals surface area contributed by atoms with Crippen LogP contribution in [-0.2, 0) is 6.54 Å². The number of hydrogen-bond donors (Lipinski definition) is 4. The Morgan fingerprint density at radius 3 is 2.74 bits per heavy atom. The fourth-order valence-corrected chi connectivity index (χ4v) is 4.23. The first-order valence-electron chi connectivity index (χ1n) is 11.8. The summed E-state index contributed by atoms with van der Waals surface area (Å²) in [5.41, 5.74) is 7.13. The van der Waals surface area contributed by atoms with E-state index in [0.717, 1.165) is 70.3 Å². The second-order valence-corrected chi connectivity index (χ2v) is 8.69. The van der Waals surface area contributed by atoms with Gasteiger partial charge in [0, 0.05) is 41.7 Å². The molecule has 1 amide bonds. The standard InChI is InChI=1S/C27H29N7O/c1-4-34-16-17(2)13-25(34)27(35)31-23-14-19(6-5-18(23)3)30-20-7-8-21-22(32-33-24(21)15-20)9-10-26-28-11-12-29-26/h5-10,13-16,30H,4,11-12H2,1-3H3,(H,28,29)(H,31,35)(H,32,33)/b10-9+. The molecule has 0 spiro atoms. The van der Waals surface area contributed by atoms with Crippen LogP contribution in [0.25, 0.3) is 17.0 Å². The van der Waals surface area contributed by atoms with Crippen molar-refractivity contribution in [1.29, 1.82) is 0 Å². The van der Waals surface area contributed by atoms with Crippen molar-refractivity contribution in [3.05, 3.63) is 77.3 Å². The highest BCUT2D eigenvalue weighted by atomic mass is 16.1. The Kier molecular flexibility index (Phi) is 6.10. The van der Waals surface area contributed by atoms with Gasteiger partial charge < -0.3 is 20.5 Å². The fraction of sp³-hybridized carbons (Fsp3) is 0.222. The monoisotopic (exact) mass is 467 g/mol. The SMILES string of the molecule is CCn1cc(C)cc1C(=O)Nc1cc(Nc2ccc3c(/C=C/C4=NCCN4)n[nH]c3c2)ccc1C. The van der Waals surface area contributed by atoms with Crippen LogP contribution in [0.1, 0.15) is 34.2 Å². The first kappa shape index (κ1) is 22.5. The molecule has 0 aliphatic carbocycles. The number of aromatic amines is 1. The molecular formula is C27H29N7O. The number of carbonyl (C=O) groups excluding carboxylic acids is 1. The molecule has 1 aliphatic rings. The van der Waals surface area contributed by atoms with Gasteiger partial charge in [-0.25, -0.2) is 0 Å². The Bertz CT molecular complexity index is 1460. The summed E-state index contributed by atoms with van der Waals surface area (Å²) in [6.45, 7) is 8.45. The Morgan fingerprint density at radius 2 is 1.94 bits per heavy atom. The van der Waals surface area contributed by atoms with E-state index in [-0.39, 0.29) is 5.91 Å². The first-order valence-corrected chi connectivity index (χ1v) is 11.8. The molecule has 178 valence electrons. The van der Waals surface area contributed by atoms with Gasteiger partial charge in [0.05, 0.1) is 17.8 Å². The molecule has 0 radical (unpaired) electrons. The number of H-pyrrole nitrogens is 1. The summed E-state index contributed by atoms with van der Waals surface area (Å²) < 4.78 is 1.96. The quantitative estimate of drug-likeness (QED) is 0.307. The van der Waals surface area contributed by atoms with Gasteiger partial charge in [-0.05, 0) is 80.4 Å². The molecule has 2 aromatic carbocycles. The summed E-state index contributed by atoms with van der Waals surface area (Å²) in [4.78, 5) is 17.3. The van der Waals surface area contributed by atoms with Gasteiger partial charge in [-0.3, -0.25) is 14.9 Å². The van der Waals surface area contributed by atoms with Crippen molar-refractivity contribution in [2.24, 2.45) is 4.99 Å². The predicted octanol–water partition coefficient (Wildman–Crippen LogP) is 5.01. The molecule has 5 rings (SSSR count). The van der Waals surface area contributed by atoms with E-state index in [1.807, 2.05) is 86.2 Å². The minimum absolute atomic E-state index is 0.113. The number of amides is 1. The summed E-state index contributed by atoms with van der Waals surface area (Å²) in [7, 11) is 0. The molecular weight excluding hydrogens is 438 g/mol. The number of benzene rings is 2. The van der Waals surface area contributed by atoms with E-state index < -0.39 is 0 Å². The molecule has 2 aromatic heterocycles. The van der Waals surface area contributed by atoms with Gasteiger partial charge in [-0.1, -0.05) is 6.07 Å². The highest BCUT2D eigenvalue weighted by Crippen LogP contribution is 2.27. The van der Waals surface area contributed by atoms with E-state index in [0.29, 0.717) is 5.69 Å². The topological polar surface area (TPSA) is 99.1 Å². The largest absolute Gasteiger partial charge is 0.369 e. The zero-order valence-corrected chi connectivity index (χ0v) is 20.1. The second-order valence-electron chi connectivity index (χ2n) is 8.69. The normalized spacial score (nSPS) is 13.3. The smallest absolute Gasteiger partial charge is 0.272 e. The summed E-state index contributed by atoms with van der Waals surface area (Å²) in [6.07, 6.45) is 5.91. The van der Waals surface area contributed by atoms with Crippen molar-refractivity contribution in [2.75, 3.05) is 23.7 Å². The zero-order chi connectivity index (χ0) is 24.4. The summed E-state index contributed by atoms with van der Waals surface area (Å²) in [6, 6.07) is 14.0. The van der Waals surface area contributed by atoms with Crippen molar-refractivity contribution in [1.82, 2.24) is 20.1 Å². The van der Waals surface area contributed by atoms with E-state index in [1.165, 1.54) is 0 Å². The summed E-state index contributed by atoms with van der Waals surface area (Å²) in [5.74, 6) is 0.776. The van der Waals surface area contributed by atoms with Crippen LogP contribution in [0.2, 0.25) is 0 Å². The average Bonchev–Trinajstić information content (AvgIpc) is 3.59. The number of anilines is 3. The van der Waals surface area contributed by atoms with Crippen LogP contribution in [0, 0.1) is 13.8 Å². The molecule has 0 saturated heterocycles. The molecule has 0 unspecified atom stereocenters.